The minimum Gasteiger partial charge on any atom is -0.368 e. The van der Waals surface area contributed by atoms with E-state index in [2.05, 4.69) is 5.32 Å². The zero-order valence-corrected chi connectivity index (χ0v) is 7.57. The molecule has 1 aliphatic heterocycles. The topological polar surface area (TPSA) is 58.4 Å². The highest BCUT2D eigenvalue weighted by Crippen LogP contribution is 2.15. The van der Waals surface area contributed by atoms with Crippen LogP contribution in [-0.2, 0) is 4.79 Å². The Morgan fingerprint density at radius 2 is 2.00 bits per heavy atom. The molecule has 0 aromatic rings. The maximum absolute atomic E-state index is 10.9. The molecule has 0 aromatic heterocycles. The van der Waals surface area contributed by atoms with Crippen LogP contribution in [0.15, 0.2) is 0 Å². The van der Waals surface area contributed by atoms with Crippen LogP contribution in [-0.4, -0.2) is 43.5 Å². The molecular weight excluding hydrogens is 166 g/mol. The normalized spacial score (nSPS) is 20.3. The lowest BCUT2D eigenvalue weighted by atomic mass is 9.90. The number of nitrogens with one attached hydrogen (secondary N) is 1. The number of primary amides is 1. The van der Waals surface area contributed by atoms with Crippen LogP contribution in [0.4, 0.5) is 0 Å². The average Bonchev–Trinajstić information content (AvgIpc) is 1.57. The SMILES string of the molecule is CN(C)C1(C(N)=O)CNC1.Cl. The van der Waals surface area contributed by atoms with Crippen LogP contribution in [0, 0.1) is 0 Å². The summed E-state index contributed by atoms with van der Waals surface area (Å²) in [4.78, 5) is 12.8. The second-order valence-electron chi connectivity index (χ2n) is 2.89. The third-order valence-corrected chi connectivity index (χ3v) is 2.15. The Morgan fingerprint density at radius 3 is 2.00 bits per heavy atom. The second kappa shape index (κ2) is 3.38. The first-order valence-corrected chi connectivity index (χ1v) is 3.28. The van der Waals surface area contributed by atoms with Crippen molar-refractivity contribution in [2.24, 2.45) is 5.73 Å². The molecule has 0 aromatic carbocycles. The summed E-state index contributed by atoms with van der Waals surface area (Å²) in [7, 11) is 3.73. The van der Waals surface area contributed by atoms with Gasteiger partial charge >= 0.3 is 0 Å². The van der Waals surface area contributed by atoms with Gasteiger partial charge in [0, 0.05) is 13.1 Å². The molecule has 0 aliphatic carbocycles. The van der Waals surface area contributed by atoms with Gasteiger partial charge in [0.05, 0.1) is 0 Å². The average molecular weight is 180 g/mol. The molecular formula is C6H14ClN3O. The summed E-state index contributed by atoms with van der Waals surface area (Å²) in [6.07, 6.45) is 0. The summed E-state index contributed by atoms with van der Waals surface area (Å²) in [5.74, 6) is -0.240. The van der Waals surface area contributed by atoms with E-state index < -0.39 is 5.54 Å². The molecule has 1 fully saturated rings. The summed E-state index contributed by atoms with van der Waals surface area (Å²) in [6.45, 7) is 1.35. The fraction of sp³-hybridized carbons (Fsp3) is 0.833. The number of hydrogen-bond donors (Lipinski definition) is 2. The van der Waals surface area contributed by atoms with Gasteiger partial charge in [-0.15, -0.1) is 12.4 Å². The van der Waals surface area contributed by atoms with Crippen molar-refractivity contribution in [3.63, 3.8) is 0 Å². The monoisotopic (exact) mass is 179 g/mol. The van der Waals surface area contributed by atoms with Crippen LogP contribution in [0.1, 0.15) is 0 Å². The molecule has 0 radical (unpaired) electrons. The van der Waals surface area contributed by atoms with Gasteiger partial charge < -0.3 is 11.1 Å². The van der Waals surface area contributed by atoms with Crippen LogP contribution < -0.4 is 11.1 Å². The predicted octanol–water partition coefficient (Wildman–Crippen LogP) is -1.20. The molecule has 0 atom stereocenters. The Bertz CT molecular complexity index is 156. The molecule has 1 rings (SSSR count). The minimum absolute atomic E-state index is 0. The zero-order chi connectivity index (χ0) is 7.78. The molecule has 1 saturated heterocycles. The van der Waals surface area contributed by atoms with E-state index in [1.165, 1.54) is 0 Å². The van der Waals surface area contributed by atoms with Crippen molar-refractivity contribution in [1.29, 1.82) is 0 Å². The Kier molecular flexibility index (Phi) is 3.29. The van der Waals surface area contributed by atoms with E-state index in [0.717, 1.165) is 0 Å². The van der Waals surface area contributed by atoms with Gasteiger partial charge in [-0.05, 0) is 14.1 Å². The Balaban J connectivity index is 0.000001000. The van der Waals surface area contributed by atoms with Crippen LogP contribution in [0.3, 0.4) is 0 Å². The van der Waals surface area contributed by atoms with Gasteiger partial charge in [-0.2, -0.15) is 0 Å². The molecule has 1 amide bonds. The third kappa shape index (κ3) is 1.47. The molecule has 0 unspecified atom stereocenters. The van der Waals surface area contributed by atoms with Crippen molar-refractivity contribution in [3.8, 4) is 0 Å². The Morgan fingerprint density at radius 1 is 1.55 bits per heavy atom. The summed E-state index contributed by atoms with van der Waals surface area (Å²) in [6, 6.07) is 0. The van der Waals surface area contributed by atoms with Gasteiger partial charge in [0.25, 0.3) is 0 Å². The standard InChI is InChI=1S/C6H13N3O.ClH/c1-9(2)6(5(7)10)3-8-4-6;/h8H,3-4H2,1-2H3,(H2,7,10);1H. The van der Waals surface area contributed by atoms with E-state index in [1.54, 1.807) is 0 Å². The number of hydrogen-bond acceptors (Lipinski definition) is 3. The molecule has 1 heterocycles. The van der Waals surface area contributed by atoms with Gasteiger partial charge in [-0.1, -0.05) is 0 Å². The lowest BCUT2D eigenvalue weighted by Gasteiger charge is -2.44. The molecule has 4 nitrogen and oxygen atoms in total. The van der Waals surface area contributed by atoms with E-state index in [0.29, 0.717) is 13.1 Å². The van der Waals surface area contributed by atoms with Gasteiger partial charge in [-0.25, -0.2) is 0 Å². The van der Waals surface area contributed by atoms with Crippen molar-refractivity contribution in [2.75, 3.05) is 27.2 Å². The molecule has 1 aliphatic rings. The molecule has 0 saturated carbocycles. The Labute approximate surface area is 72.5 Å². The first-order chi connectivity index (χ1) is 4.59. The molecule has 5 heteroatoms. The number of halogens is 1. The molecule has 0 spiro atoms. The van der Waals surface area contributed by atoms with Crippen LogP contribution >= 0.6 is 12.4 Å². The van der Waals surface area contributed by atoms with E-state index in [4.69, 9.17) is 5.73 Å². The van der Waals surface area contributed by atoms with E-state index >= 15 is 0 Å². The highest BCUT2D eigenvalue weighted by atomic mass is 35.5. The highest BCUT2D eigenvalue weighted by molar-refractivity contribution is 5.86. The smallest absolute Gasteiger partial charge is 0.240 e. The zero-order valence-electron chi connectivity index (χ0n) is 6.76. The van der Waals surface area contributed by atoms with Crippen molar-refractivity contribution in [1.82, 2.24) is 10.2 Å². The van der Waals surface area contributed by atoms with Gasteiger partial charge in [0.1, 0.15) is 5.54 Å². The number of amides is 1. The lowest BCUT2D eigenvalue weighted by Crippen LogP contribution is -2.73. The molecule has 11 heavy (non-hydrogen) atoms. The fourth-order valence-electron chi connectivity index (χ4n) is 1.07. The van der Waals surface area contributed by atoms with Crippen molar-refractivity contribution >= 4 is 18.3 Å². The molecule has 66 valence electrons. The van der Waals surface area contributed by atoms with Crippen LogP contribution in [0.25, 0.3) is 0 Å². The molecule has 3 N–H and O–H groups in total. The van der Waals surface area contributed by atoms with E-state index in [9.17, 15) is 4.79 Å². The molecule has 0 bridgehead atoms. The number of nitrogens with two attached hydrogens (primary N) is 1. The van der Waals surface area contributed by atoms with Crippen molar-refractivity contribution < 1.29 is 4.79 Å². The lowest BCUT2D eigenvalue weighted by molar-refractivity contribution is -0.131. The van der Waals surface area contributed by atoms with E-state index in [-0.39, 0.29) is 18.3 Å². The fourth-order valence-corrected chi connectivity index (χ4v) is 1.07. The van der Waals surface area contributed by atoms with Crippen molar-refractivity contribution in [3.05, 3.63) is 0 Å². The highest BCUT2D eigenvalue weighted by Gasteiger charge is 2.44. The maximum Gasteiger partial charge on any atom is 0.240 e. The first-order valence-electron chi connectivity index (χ1n) is 3.28. The summed E-state index contributed by atoms with van der Waals surface area (Å²) >= 11 is 0. The van der Waals surface area contributed by atoms with Gasteiger partial charge in [0.15, 0.2) is 0 Å². The van der Waals surface area contributed by atoms with E-state index in [1.807, 2.05) is 19.0 Å². The first kappa shape index (κ1) is 10.7. The van der Waals surface area contributed by atoms with Crippen molar-refractivity contribution in [2.45, 2.75) is 5.54 Å². The van der Waals surface area contributed by atoms with Gasteiger partial charge in [0.2, 0.25) is 5.91 Å². The predicted molar refractivity (Wildman–Crippen MR) is 45.7 cm³/mol. The van der Waals surface area contributed by atoms with Crippen LogP contribution in [0.2, 0.25) is 0 Å². The maximum atomic E-state index is 10.9. The second-order valence-corrected chi connectivity index (χ2v) is 2.89. The summed E-state index contributed by atoms with van der Waals surface area (Å²) < 4.78 is 0. The Hall–Kier alpha value is -0.320. The summed E-state index contributed by atoms with van der Waals surface area (Å²) in [5, 5.41) is 3.02. The summed E-state index contributed by atoms with van der Waals surface area (Å²) in [5.41, 5.74) is 4.80. The quantitative estimate of drug-likeness (QED) is 0.560. The number of nitrogens with zero attached hydrogens (tertiary/aromatic N) is 1. The number of likely N-dealkylation sites (N-methyl/N-ethyl adjacent to an activating group) is 1. The number of rotatable bonds is 2. The number of carbonyl (C=O) groups excluding carboxylic acids is 1. The minimum atomic E-state index is -0.417. The van der Waals surface area contributed by atoms with Gasteiger partial charge in [-0.3, -0.25) is 9.69 Å². The third-order valence-electron chi connectivity index (χ3n) is 2.15. The largest absolute Gasteiger partial charge is 0.368 e. The number of carbonyl (C=O) groups is 1. The van der Waals surface area contributed by atoms with Crippen LogP contribution in [0.5, 0.6) is 0 Å².